The third-order valence-electron chi connectivity index (χ3n) is 5.16. The minimum Gasteiger partial charge on any atom is -0.318 e. The molecule has 1 spiro atoms. The monoisotopic (exact) mass is 302 g/mol. The van der Waals surface area contributed by atoms with Gasteiger partial charge in [0.15, 0.2) is 0 Å². The van der Waals surface area contributed by atoms with Crippen LogP contribution < -0.4 is 5.32 Å². The number of hydrogen-bond donors (Lipinski definition) is 1. The molecule has 1 unspecified atom stereocenters. The molecule has 0 radical (unpaired) electrons. The summed E-state index contributed by atoms with van der Waals surface area (Å²) >= 11 is 1.76. The highest BCUT2D eigenvalue weighted by Crippen LogP contribution is 2.45. The van der Waals surface area contributed by atoms with Crippen LogP contribution in [0.1, 0.15) is 50.3 Å². The van der Waals surface area contributed by atoms with E-state index in [-0.39, 0.29) is 11.7 Å². The second-order valence-corrected chi connectivity index (χ2v) is 7.43. The zero-order chi connectivity index (χ0) is 14.4. The Labute approximate surface area is 130 Å². The smallest absolute Gasteiger partial charge is 0.244 e. The predicted molar refractivity (Wildman–Crippen MR) is 85.2 cm³/mol. The first-order valence-corrected chi connectivity index (χ1v) is 9.20. The Balaban J connectivity index is 1.67. The molecule has 3 fully saturated rings. The maximum absolute atomic E-state index is 13.0. The van der Waals surface area contributed by atoms with Gasteiger partial charge in [0.05, 0.1) is 5.54 Å². The first-order chi connectivity index (χ1) is 10.2. The standard InChI is InChI=1S/C17H22N2OS/c1-21-14-8-4-12(5-9-14)15-18-17(10-2-3-11-17)16(20)19(15)13-6-7-13/h4-5,8-9,13,15,18H,2-3,6-7,10-11H2,1H3. The first-order valence-electron chi connectivity index (χ1n) is 7.98. The van der Waals surface area contributed by atoms with Crippen LogP contribution in [-0.2, 0) is 4.79 Å². The number of rotatable bonds is 3. The number of thioether (sulfide) groups is 1. The van der Waals surface area contributed by atoms with E-state index in [0.29, 0.717) is 11.9 Å². The van der Waals surface area contributed by atoms with Gasteiger partial charge in [-0.2, -0.15) is 0 Å². The first kappa shape index (κ1) is 13.6. The minimum atomic E-state index is -0.258. The highest BCUT2D eigenvalue weighted by atomic mass is 32.2. The van der Waals surface area contributed by atoms with Crippen molar-refractivity contribution in [3.8, 4) is 0 Å². The summed E-state index contributed by atoms with van der Waals surface area (Å²) < 4.78 is 0. The highest BCUT2D eigenvalue weighted by molar-refractivity contribution is 7.98. The minimum absolute atomic E-state index is 0.0824. The molecule has 2 saturated carbocycles. The molecule has 1 N–H and O–H groups in total. The van der Waals surface area contributed by atoms with Gasteiger partial charge in [0, 0.05) is 10.9 Å². The molecular formula is C17H22N2OS. The number of nitrogens with zero attached hydrogens (tertiary/aromatic N) is 1. The molecule has 0 aromatic heterocycles. The van der Waals surface area contributed by atoms with E-state index in [1.54, 1.807) is 11.8 Å². The van der Waals surface area contributed by atoms with E-state index >= 15 is 0 Å². The molecular weight excluding hydrogens is 280 g/mol. The fourth-order valence-electron chi connectivity index (χ4n) is 3.85. The molecule has 112 valence electrons. The zero-order valence-corrected chi connectivity index (χ0v) is 13.3. The van der Waals surface area contributed by atoms with Crippen LogP contribution in [0.25, 0.3) is 0 Å². The maximum atomic E-state index is 13.0. The van der Waals surface area contributed by atoms with E-state index in [2.05, 4.69) is 40.7 Å². The summed E-state index contributed by atoms with van der Waals surface area (Å²) in [5, 5.41) is 3.71. The Morgan fingerprint density at radius 3 is 2.43 bits per heavy atom. The molecule has 1 aliphatic heterocycles. The third kappa shape index (κ3) is 2.20. The Hall–Kier alpha value is -1.00. The van der Waals surface area contributed by atoms with Gasteiger partial charge in [-0.1, -0.05) is 25.0 Å². The van der Waals surface area contributed by atoms with Gasteiger partial charge >= 0.3 is 0 Å². The lowest BCUT2D eigenvalue weighted by molar-refractivity contribution is -0.133. The lowest BCUT2D eigenvalue weighted by Crippen LogP contribution is -2.44. The van der Waals surface area contributed by atoms with Crippen LogP contribution in [0.5, 0.6) is 0 Å². The van der Waals surface area contributed by atoms with Gasteiger partial charge in [-0.05, 0) is 49.6 Å². The van der Waals surface area contributed by atoms with Crippen molar-refractivity contribution in [3.05, 3.63) is 29.8 Å². The summed E-state index contributed by atoms with van der Waals surface area (Å²) in [6.45, 7) is 0. The second kappa shape index (κ2) is 5.03. The topological polar surface area (TPSA) is 32.3 Å². The van der Waals surface area contributed by atoms with Gasteiger partial charge in [-0.15, -0.1) is 11.8 Å². The lowest BCUT2D eigenvalue weighted by atomic mass is 9.98. The molecule has 1 aromatic rings. The Kier molecular flexibility index (Phi) is 3.27. The summed E-state index contributed by atoms with van der Waals surface area (Å²) in [6, 6.07) is 9.16. The molecule has 2 aliphatic carbocycles. The molecule has 21 heavy (non-hydrogen) atoms. The van der Waals surface area contributed by atoms with E-state index in [9.17, 15) is 4.79 Å². The molecule has 4 heteroatoms. The molecule has 3 aliphatic rings. The summed E-state index contributed by atoms with van der Waals surface area (Å²) in [6.07, 6.45) is 8.88. The second-order valence-electron chi connectivity index (χ2n) is 6.55. The van der Waals surface area contributed by atoms with Gasteiger partial charge in [-0.3, -0.25) is 10.1 Å². The quantitative estimate of drug-likeness (QED) is 0.869. The molecule has 1 saturated heterocycles. The Morgan fingerprint density at radius 2 is 1.86 bits per heavy atom. The fourth-order valence-corrected chi connectivity index (χ4v) is 4.26. The third-order valence-corrected chi connectivity index (χ3v) is 5.91. The number of nitrogens with one attached hydrogen (secondary N) is 1. The molecule has 1 heterocycles. The molecule has 1 amide bonds. The van der Waals surface area contributed by atoms with E-state index in [1.807, 2.05) is 0 Å². The van der Waals surface area contributed by atoms with Gasteiger partial charge in [0.1, 0.15) is 6.17 Å². The Bertz CT molecular complexity index is 546. The normalized spacial score (nSPS) is 27.8. The van der Waals surface area contributed by atoms with Gasteiger partial charge in [-0.25, -0.2) is 0 Å². The van der Waals surface area contributed by atoms with Gasteiger partial charge in [0.25, 0.3) is 0 Å². The van der Waals surface area contributed by atoms with Crippen LogP contribution in [0.2, 0.25) is 0 Å². The molecule has 1 aromatic carbocycles. The van der Waals surface area contributed by atoms with Crippen LogP contribution >= 0.6 is 11.8 Å². The molecule has 0 bridgehead atoms. The average molecular weight is 302 g/mol. The van der Waals surface area contributed by atoms with E-state index in [1.165, 1.54) is 36.1 Å². The summed E-state index contributed by atoms with van der Waals surface area (Å²) in [5.74, 6) is 0.362. The number of carbonyl (C=O) groups is 1. The van der Waals surface area contributed by atoms with E-state index in [0.717, 1.165) is 12.8 Å². The van der Waals surface area contributed by atoms with Crippen molar-refractivity contribution in [2.45, 2.75) is 61.2 Å². The predicted octanol–water partition coefficient (Wildman–Crippen LogP) is 3.31. The van der Waals surface area contributed by atoms with Crippen molar-refractivity contribution >= 4 is 17.7 Å². The highest BCUT2D eigenvalue weighted by Gasteiger charge is 2.55. The maximum Gasteiger partial charge on any atom is 0.244 e. The van der Waals surface area contributed by atoms with Crippen molar-refractivity contribution in [3.63, 3.8) is 0 Å². The molecule has 1 atom stereocenters. The molecule has 4 rings (SSSR count). The van der Waals surface area contributed by atoms with Crippen molar-refractivity contribution in [2.24, 2.45) is 0 Å². The van der Waals surface area contributed by atoms with Crippen LogP contribution in [0.15, 0.2) is 29.2 Å². The largest absolute Gasteiger partial charge is 0.318 e. The fraction of sp³-hybridized carbons (Fsp3) is 0.588. The Morgan fingerprint density at radius 1 is 1.19 bits per heavy atom. The number of benzene rings is 1. The average Bonchev–Trinajstić information content (AvgIpc) is 3.17. The van der Waals surface area contributed by atoms with E-state index < -0.39 is 0 Å². The molecule has 3 nitrogen and oxygen atoms in total. The SMILES string of the molecule is CSc1ccc(C2NC3(CCCC3)C(=O)N2C2CC2)cc1. The number of amides is 1. The number of carbonyl (C=O) groups excluding carboxylic acids is 1. The van der Waals surface area contributed by atoms with Crippen LogP contribution in [-0.4, -0.2) is 28.6 Å². The summed E-state index contributed by atoms with van der Waals surface area (Å²) in [4.78, 5) is 16.4. The van der Waals surface area contributed by atoms with Crippen molar-refractivity contribution in [1.82, 2.24) is 10.2 Å². The summed E-state index contributed by atoms with van der Waals surface area (Å²) in [7, 11) is 0. The number of hydrogen-bond acceptors (Lipinski definition) is 3. The van der Waals surface area contributed by atoms with Crippen LogP contribution in [0.4, 0.5) is 0 Å². The van der Waals surface area contributed by atoms with Crippen molar-refractivity contribution in [2.75, 3.05) is 6.26 Å². The van der Waals surface area contributed by atoms with E-state index in [4.69, 9.17) is 0 Å². The lowest BCUT2D eigenvalue weighted by Gasteiger charge is -2.24. The van der Waals surface area contributed by atoms with Gasteiger partial charge < -0.3 is 4.90 Å². The van der Waals surface area contributed by atoms with Gasteiger partial charge in [0.2, 0.25) is 5.91 Å². The van der Waals surface area contributed by atoms with Crippen molar-refractivity contribution < 1.29 is 4.79 Å². The van der Waals surface area contributed by atoms with Crippen LogP contribution in [0, 0.1) is 0 Å². The summed E-state index contributed by atoms with van der Waals surface area (Å²) in [5.41, 5.74) is 0.975. The van der Waals surface area contributed by atoms with Crippen LogP contribution in [0.3, 0.4) is 0 Å². The van der Waals surface area contributed by atoms with Crippen molar-refractivity contribution in [1.29, 1.82) is 0 Å². The zero-order valence-electron chi connectivity index (χ0n) is 12.5.